The number of nitrogens with one attached hydrogen (secondary N) is 1. The number of thiazole rings is 1. The Labute approximate surface area is 125 Å². The van der Waals surface area contributed by atoms with E-state index in [9.17, 15) is 4.79 Å². The second-order valence-corrected chi connectivity index (χ2v) is 7.39. The van der Waals surface area contributed by atoms with Gasteiger partial charge in [0.2, 0.25) is 5.91 Å². The van der Waals surface area contributed by atoms with E-state index in [1.807, 2.05) is 0 Å². The molecule has 1 N–H and O–H groups in total. The summed E-state index contributed by atoms with van der Waals surface area (Å²) in [7, 11) is 0. The summed E-state index contributed by atoms with van der Waals surface area (Å²) in [4.78, 5) is 16.4. The molecular formula is C16H24N2OS. The Kier molecular flexibility index (Phi) is 4.97. The van der Waals surface area contributed by atoms with Crippen molar-refractivity contribution in [2.45, 2.75) is 51.9 Å². The smallest absolute Gasteiger partial charge is 0.220 e. The van der Waals surface area contributed by atoms with Crippen molar-refractivity contribution in [2.24, 2.45) is 5.92 Å². The Hall–Kier alpha value is -1.16. The maximum absolute atomic E-state index is 11.8. The van der Waals surface area contributed by atoms with Crippen LogP contribution in [0.25, 0.3) is 0 Å². The molecule has 1 unspecified atom stereocenters. The van der Waals surface area contributed by atoms with Crippen molar-refractivity contribution < 1.29 is 4.79 Å². The van der Waals surface area contributed by atoms with Gasteiger partial charge in [0, 0.05) is 30.2 Å². The number of hydrogen-bond donors (Lipinski definition) is 1. The first-order valence-electron chi connectivity index (χ1n) is 7.33. The summed E-state index contributed by atoms with van der Waals surface area (Å²) in [5, 5.41) is 6.23. The lowest BCUT2D eigenvalue weighted by Gasteiger charge is -2.14. The van der Waals surface area contributed by atoms with Gasteiger partial charge in [0.15, 0.2) is 0 Å². The fourth-order valence-corrected chi connectivity index (χ4v) is 3.28. The lowest BCUT2D eigenvalue weighted by Crippen LogP contribution is -2.27. The zero-order valence-electron chi connectivity index (χ0n) is 12.6. The van der Waals surface area contributed by atoms with Crippen molar-refractivity contribution in [2.75, 3.05) is 6.54 Å². The van der Waals surface area contributed by atoms with Gasteiger partial charge in [-0.25, -0.2) is 4.98 Å². The quantitative estimate of drug-likeness (QED) is 0.845. The molecule has 20 heavy (non-hydrogen) atoms. The molecule has 1 aromatic heterocycles. The molecule has 3 nitrogen and oxygen atoms in total. The molecule has 2 rings (SSSR count). The van der Waals surface area contributed by atoms with Crippen molar-refractivity contribution >= 4 is 17.2 Å². The van der Waals surface area contributed by atoms with E-state index < -0.39 is 0 Å². The van der Waals surface area contributed by atoms with Crippen molar-refractivity contribution in [3.05, 3.63) is 28.2 Å². The first-order chi connectivity index (χ1) is 9.45. The zero-order valence-corrected chi connectivity index (χ0v) is 13.4. The summed E-state index contributed by atoms with van der Waals surface area (Å²) in [6.45, 7) is 7.19. The van der Waals surface area contributed by atoms with Crippen molar-refractivity contribution in [3.8, 4) is 0 Å². The highest BCUT2D eigenvalue weighted by Gasteiger charge is 2.17. The minimum Gasteiger partial charge on any atom is -0.356 e. The number of aromatic nitrogens is 1. The first kappa shape index (κ1) is 15.2. The monoisotopic (exact) mass is 292 g/mol. The Balaban J connectivity index is 1.71. The van der Waals surface area contributed by atoms with Gasteiger partial charge < -0.3 is 5.32 Å². The number of amides is 1. The average Bonchev–Trinajstić information content (AvgIpc) is 2.98. The van der Waals surface area contributed by atoms with Crippen LogP contribution >= 0.6 is 11.3 Å². The van der Waals surface area contributed by atoms with Crippen molar-refractivity contribution in [1.82, 2.24) is 10.3 Å². The second kappa shape index (κ2) is 6.53. The molecule has 1 aliphatic carbocycles. The zero-order chi connectivity index (χ0) is 14.6. The fourth-order valence-electron chi connectivity index (χ4n) is 2.25. The van der Waals surface area contributed by atoms with Gasteiger partial charge >= 0.3 is 0 Å². The molecule has 0 saturated carbocycles. The van der Waals surface area contributed by atoms with E-state index in [0.717, 1.165) is 30.0 Å². The molecule has 4 heteroatoms. The Morgan fingerprint density at radius 2 is 2.30 bits per heavy atom. The molecule has 0 fully saturated rings. The molecule has 1 aliphatic rings. The molecule has 1 amide bonds. The van der Waals surface area contributed by atoms with Crippen LogP contribution in [0.2, 0.25) is 0 Å². The van der Waals surface area contributed by atoms with Gasteiger partial charge in [-0.1, -0.05) is 32.9 Å². The molecule has 0 radical (unpaired) electrons. The van der Waals surface area contributed by atoms with Crippen LogP contribution in [0.15, 0.2) is 17.5 Å². The summed E-state index contributed by atoms with van der Waals surface area (Å²) in [6, 6.07) is 0. The van der Waals surface area contributed by atoms with Gasteiger partial charge in [-0.05, 0) is 18.8 Å². The summed E-state index contributed by atoms with van der Waals surface area (Å²) in [6.07, 6.45) is 8.02. The highest BCUT2D eigenvalue weighted by Crippen LogP contribution is 2.24. The maximum Gasteiger partial charge on any atom is 0.220 e. The maximum atomic E-state index is 11.8. The minimum absolute atomic E-state index is 0.104. The summed E-state index contributed by atoms with van der Waals surface area (Å²) < 4.78 is 0. The molecule has 1 atom stereocenters. The van der Waals surface area contributed by atoms with Gasteiger partial charge in [0.05, 0.1) is 10.7 Å². The van der Waals surface area contributed by atoms with E-state index >= 15 is 0 Å². The van der Waals surface area contributed by atoms with E-state index in [-0.39, 0.29) is 11.3 Å². The van der Waals surface area contributed by atoms with E-state index in [0.29, 0.717) is 18.9 Å². The highest BCUT2D eigenvalue weighted by atomic mass is 32.1. The molecule has 0 spiro atoms. The lowest BCUT2D eigenvalue weighted by molar-refractivity contribution is -0.121. The van der Waals surface area contributed by atoms with E-state index in [1.54, 1.807) is 11.3 Å². The molecule has 0 aliphatic heterocycles. The average molecular weight is 292 g/mol. The van der Waals surface area contributed by atoms with Gasteiger partial charge in [0.1, 0.15) is 0 Å². The van der Waals surface area contributed by atoms with Crippen LogP contribution in [0.1, 0.15) is 50.7 Å². The van der Waals surface area contributed by atoms with Gasteiger partial charge in [-0.2, -0.15) is 0 Å². The van der Waals surface area contributed by atoms with Crippen molar-refractivity contribution in [1.29, 1.82) is 0 Å². The molecule has 110 valence electrons. The lowest BCUT2D eigenvalue weighted by atomic mass is 9.93. The largest absolute Gasteiger partial charge is 0.356 e. The Morgan fingerprint density at radius 1 is 1.50 bits per heavy atom. The number of hydrogen-bond acceptors (Lipinski definition) is 3. The standard InChI is InChI=1S/C16H24N2OS/c1-16(2,3)13-11-20-15(18-13)8-9-17-14(19)10-12-6-4-5-7-12/h4,6,11-12H,5,7-10H2,1-3H3,(H,17,19). The molecule has 1 aromatic rings. The van der Waals surface area contributed by atoms with Crippen LogP contribution in [0.5, 0.6) is 0 Å². The number of allylic oxidation sites excluding steroid dienone is 2. The Bertz CT molecular complexity index is 485. The number of carbonyl (C=O) groups excluding carboxylic acids is 1. The molecular weight excluding hydrogens is 268 g/mol. The Morgan fingerprint density at radius 3 is 2.90 bits per heavy atom. The van der Waals surface area contributed by atoms with Crippen LogP contribution in [-0.2, 0) is 16.6 Å². The first-order valence-corrected chi connectivity index (χ1v) is 8.21. The summed E-state index contributed by atoms with van der Waals surface area (Å²) in [5.74, 6) is 0.608. The fraction of sp³-hybridized carbons (Fsp3) is 0.625. The van der Waals surface area contributed by atoms with Crippen LogP contribution in [0.4, 0.5) is 0 Å². The summed E-state index contributed by atoms with van der Waals surface area (Å²) >= 11 is 1.69. The van der Waals surface area contributed by atoms with Crippen molar-refractivity contribution in [3.63, 3.8) is 0 Å². The van der Waals surface area contributed by atoms with E-state index in [2.05, 4.69) is 48.6 Å². The topological polar surface area (TPSA) is 42.0 Å². The van der Waals surface area contributed by atoms with Crippen LogP contribution in [0, 0.1) is 5.92 Å². The van der Waals surface area contributed by atoms with Gasteiger partial charge in [0.25, 0.3) is 0 Å². The normalized spacial score (nSPS) is 18.4. The number of rotatable bonds is 5. The van der Waals surface area contributed by atoms with Gasteiger partial charge in [-0.3, -0.25) is 4.79 Å². The molecule has 0 bridgehead atoms. The molecule has 0 aromatic carbocycles. The second-order valence-electron chi connectivity index (χ2n) is 6.45. The van der Waals surface area contributed by atoms with Crippen LogP contribution in [0.3, 0.4) is 0 Å². The highest BCUT2D eigenvalue weighted by molar-refractivity contribution is 7.09. The third-order valence-electron chi connectivity index (χ3n) is 3.54. The van der Waals surface area contributed by atoms with E-state index in [1.165, 1.54) is 0 Å². The third-order valence-corrected chi connectivity index (χ3v) is 4.45. The number of carbonyl (C=O) groups is 1. The number of nitrogens with zero attached hydrogens (tertiary/aromatic N) is 1. The summed E-state index contributed by atoms with van der Waals surface area (Å²) in [5.41, 5.74) is 1.24. The van der Waals surface area contributed by atoms with Crippen LogP contribution in [-0.4, -0.2) is 17.4 Å². The van der Waals surface area contributed by atoms with Crippen LogP contribution < -0.4 is 5.32 Å². The van der Waals surface area contributed by atoms with Gasteiger partial charge in [-0.15, -0.1) is 11.3 Å². The third kappa shape index (κ3) is 4.44. The van der Waals surface area contributed by atoms with E-state index in [4.69, 9.17) is 0 Å². The molecule has 0 saturated heterocycles. The predicted molar refractivity (Wildman–Crippen MR) is 84.0 cm³/mol. The minimum atomic E-state index is 0.104. The molecule has 1 heterocycles. The predicted octanol–water partition coefficient (Wildman–Crippen LogP) is 3.46. The SMILES string of the molecule is CC(C)(C)c1csc(CCNC(=O)CC2C=CCC2)n1.